The molecule has 3 nitrogen and oxygen atoms in total. The molecular weight excluding hydrogens is 466 g/mol. The van der Waals surface area contributed by atoms with Crippen molar-refractivity contribution in [1.82, 2.24) is 0 Å². The first-order chi connectivity index (χ1) is 18.0. The summed E-state index contributed by atoms with van der Waals surface area (Å²) >= 11 is 0. The molecule has 1 atom stereocenters. The van der Waals surface area contributed by atoms with E-state index >= 15 is 4.39 Å². The number of nitrogens with zero attached hydrogens (tertiary/aromatic N) is 2. The Morgan fingerprint density at radius 2 is 1.68 bits per heavy atom. The fourth-order valence-electron chi connectivity index (χ4n) is 4.82. The molecule has 3 aromatic rings. The second-order valence-corrected chi connectivity index (χ2v) is 9.57. The van der Waals surface area contributed by atoms with Gasteiger partial charge in [-0.2, -0.15) is 10.2 Å². The Bertz CT molecular complexity index is 1320. The lowest BCUT2D eigenvalue weighted by Crippen LogP contribution is -2.17. The van der Waals surface area contributed by atoms with Gasteiger partial charge in [0.2, 0.25) is 0 Å². The molecule has 0 saturated carbocycles. The standard InChI is InChI=1S/C32H34F2N2O/c1-4-7-22-8-16-29-25(19-22)21-31(33)30(32(29)34)17-10-24-9-11-27(20-23(24)6-3)36-35-26-12-14-28(15-13-26)37-18-5-2/h9,11-15,20-22H,4-8,16,18-19H2,1-3H3. The maximum atomic E-state index is 15.2. The van der Waals surface area contributed by atoms with Crippen molar-refractivity contribution in [3.8, 4) is 17.6 Å². The number of aryl methyl sites for hydroxylation is 1. The van der Waals surface area contributed by atoms with Crippen LogP contribution in [-0.4, -0.2) is 6.61 Å². The summed E-state index contributed by atoms with van der Waals surface area (Å²) in [6, 6.07) is 14.5. The first-order valence-electron chi connectivity index (χ1n) is 13.3. The molecule has 5 heteroatoms. The second-order valence-electron chi connectivity index (χ2n) is 9.57. The van der Waals surface area contributed by atoms with Crippen LogP contribution in [0.4, 0.5) is 20.2 Å². The van der Waals surface area contributed by atoms with Gasteiger partial charge < -0.3 is 4.74 Å². The number of rotatable bonds is 8. The molecular formula is C32H34F2N2O. The number of ether oxygens (including phenoxy) is 1. The van der Waals surface area contributed by atoms with E-state index in [1.54, 1.807) is 0 Å². The molecule has 192 valence electrons. The maximum absolute atomic E-state index is 15.2. The predicted octanol–water partition coefficient (Wildman–Crippen LogP) is 9.04. The summed E-state index contributed by atoms with van der Waals surface area (Å²) in [5.41, 5.74) is 4.41. The largest absolute Gasteiger partial charge is 0.494 e. The molecule has 1 aliphatic carbocycles. The van der Waals surface area contributed by atoms with Gasteiger partial charge in [-0.15, -0.1) is 0 Å². The molecule has 37 heavy (non-hydrogen) atoms. The lowest BCUT2D eigenvalue weighted by atomic mass is 9.81. The first-order valence-corrected chi connectivity index (χ1v) is 13.3. The van der Waals surface area contributed by atoms with Gasteiger partial charge in [0.05, 0.1) is 23.5 Å². The van der Waals surface area contributed by atoms with Crippen molar-refractivity contribution in [3.63, 3.8) is 0 Å². The smallest absolute Gasteiger partial charge is 0.145 e. The monoisotopic (exact) mass is 500 g/mol. The van der Waals surface area contributed by atoms with E-state index < -0.39 is 11.6 Å². The summed E-state index contributed by atoms with van der Waals surface area (Å²) in [7, 11) is 0. The molecule has 0 amide bonds. The third-order valence-corrected chi connectivity index (χ3v) is 6.80. The zero-order valence-corrected chi connectivity index (χ0v) is 21.9. The van der Waals surface area contributed by atoms with E-state index in [4.69, 9.17) is 4.74 Å². The van der Waals surface area contributed by atoms with Crippen molar-refractivity contribution in [3.05, 3.63) is 88.0 Å². The molecule has 0 heterocycles. The second kappa shape index (κ2) is 12.6. The summed E-state index contributed by atoms with van der Waals surface area (Å²) in [5, 5.41) is 8.66. The number of fused-ring (bicyclic) bond motifs is 1. The summed E-state index contributed by atoms with van der Waals surface area (Å²) in [5.74, 6) is 6.05. The molecule has 0 radical (unpaired) electrons. The van der Waals surface area contributed by atoms with Gasteiger partial charge in [0.25, 0.3) is 0 Å². The normalized spacial score (nSPS) is 14.8. The van der Waals surface area contributed by atoms with Crippen molar-refractivity contribution < 1.29 is 13.5 Å². The number of hydrogen-bond donors (Lipinski definition) is 0. The molecule has 0 fully saturated rings. The van der Waals surface area contributed by atoms with Crippen LogP contribution in [0, 0.1) is 29.4 Å². The van der Waals surface area contributed by atoms with E-state index in [0.717, 1.165) is 60.2 Å². The van der Waals surface area contributed by atoms with Crippen LogP contribution in [0.3, 0.4) is 0 Å². The lowest BCUT2D eigenvalue weighted by Gasteiger charge is -2.25. The van der Waals surface area contributed by atoms with Crippen LogP contribution in [0.2, 0.25) is 0 Å². The topological polar surface area (TPSA) is 34.0 Å². The van der Waals surface area contributed by atoms with Gasteiger partial charge >= 0.3 is 0 Å². The predicted molar refractivity (Wildman–Crippen MR) is 145 cm³/mol. The van der Waals surface area contributed by atoms with E-state index in [0.29, 0.717) is 36.6 Å². The molecule has 3 aromatic carbocycles. The zero-order chi connectivity index (χ0) is 26.2. The van der Waals surface area contributed by atoms with E-state index in [1.165, 1.54) is 6.07 Å². The molecule has 0 bridgehead atoms. The van der Waals surface area contributed by atoms with Crippen molar-refractivity contribution in [1.29, 1.82) is 0 Å². The Balaban J connectivity index is 1.52. The number of azo groups is 1. The van der Waals surface area contributed by atoms with Crippen molar-refractivity contribution >= 4 is 11.4 Å². The van der Waals surface area contributed by atoms with Crippen molar-refractivity contribution in [2.45, 2.75) is 65.7 Å². The van der Waals surface area contributed by atoms with Crippen molar-refractivity contribution in [2.75, 3.05) is 6.61 Å². The van der Waals surface area contributed by atoms with Gasteiger partial charge in [0, 0.05) is 5.56 Å². The molecule has 4 rings (SSSR count). The zero-order valence-electron chi connectivity index (χ0n) is 21.9. The number of benzene rings is 3. The minimum atomic E-state index is -0.574. The first kappa shape index (κ1) is 26.5. The number of halogens is 2. The molecule has 0 spiro atoms. The highest BCUT2D eigenvalue weighted by atomic mass is 19.1. The third-order valence-electron chi connectivity index (χ3n) is 6.80. The summed E-state index contributed by atoms with van der Waals surface area (Å²) < 4.78 is 35.7. The Morgan fingerprint density at radius 1 is 0.919 bits per heavy atom. The maximum Gasteiger partial charge on any atom is 0.145 e. The van der Waals surface area contributed by atoms with Crippen LogP contribution in [0.15, 0.2) is 58.8 Å². The van der Waals surface area contributed by atoms with Gasteiger partial charge in [0.15, 0.2) is 0 Å². The Hall–Kier alpha value is -3.52. The van der Waals surface area contributed by atoms with Crippen LogP contribution >= 0.6 is 0 Å². The molecule has 1 aliphatic rings. The van der Waals surface area contributed by atoms with Gasteiger partial charge in [0.1, 0.15) is 17.4 Å². The average Bonchev–Trinajstić information content (AvgIpc) is 2.91. The van der Waals surface area contributed by atoms with Gasteiger partial charge in [-0.05, 0) is 103 Å². The van der Waals surface area contributed by atoms with E-state index in [9.17, 15) is 4.39 Å². The minimum Gasteiger partial charge on any atom is -0.494 e. The van der Waals surface area contributed by atoms with E-state index in [2.05, 4.69) is 35.9 Å². The van der Waals surface area contributed by atoms with Crippen LogP contribution in [0.1, 0.15) is 74.3 Å². The van der Waals surface area contributed by atoms with Gasteiger partial charge in [-0.25, -0.2) is 8.78 Å². The van der Waals surface area contributed by atoms with Crippen LogP contribution in [0.5, 0.6) is 5.75 Å². The summed E-state index contributed by atoms with van der Waals surface area (Å²) in [6.07, 6.45) is 6.20. The molecule has 0 saturated heterocycles. The fraction of sp³-hybridized carbons (Fsp3) is 0.375. The third kappa shape index (κ3) is 6.63. The summed E-state index contributed by atoms with van der Waals surface area (Å²) in [6.45, 7) is 6.92. The molecule has 1 unspecified atom stereocenters. The fourth-order valence-corrected chi connectivity index (χ4v) is 4.82. The van der Waals surface area contributed by atoms with Crippen LogP contribution in [-0.2, 0) is 19.3 Å². The Morgan fingerprint density at radius 3 is 2.41 bits per heavy atom. The summed E-state index contributed by atoms with van der Waals surface area (Å²) in [4.78, 5) is 0. The highest BCUT2D eigenvalue weighted by molar-refractivity contribution is 5.54. The van der Waals surface area contributed by atoms with E-state index in [1.807, 2.05) is 49.4 Å². The van der Waals surface area contributed by atoms with Crippen molar-refractivity contribution in [2.24, 2.45) is 16.1 Å². The SMILES string of the molecule is CCCOc1ccc(N=Nc2ccc(C#Cc3c(F)cc4c(c3F)CCC(CCC)C4)c(CC)c2)cc1. The highest BCUT2D eigenvalue weighted by Crippen LogP contribution is 2.32. The number of hydrogen-bond acceptors (Lipinski definition) is 3. The van der Waals surface area contributed by atoms with Gasteiger partial charge in [-0.3, -0.25) is 0 Å². The Labute approximate surface area is 219 Å². The lowest BCUT2D eigenvalue weighted by molar-refractivity contribution is 0.317. The molecule has 0 N–H and O–H groups in total. The van der Waals surface area contributed by atoms with Gasteiger partial charge in [-0.1, -0.05) is 45.5 Å². The van der Waals surface area contributed by atoms with E-state index in [-0.39, 0.29) is 5.56 Å². The molecule has 0 aromatic heterocycles. The minimum absolute atomic E-state index is 0.134. The Kier molecular flexibility index (Phi) is 9.06. The molecule has 0 aliphatic heterocycles. The highest BCUT2D eigenvalue weighted by Gasteiger charge is 2.24. The average molecular weight is 501 g/mol. The quantitative estimate of drug-likeness (QED) is 0.224. The van der Waals surface area contributed by atoms with Crippen LogP contribution in [0.25, 0.3) is 0 Å². The van der Waals surface area contributed by atoms with Crippen LogP contribution < -0.4 is 4.74 Å².